The summed E-state index contributed by atoms with van der Waals surface area (Å²) in [5.41, 5.74) is 0.694. The molecular formula is C17H24BrNO2. The summed E-state index contributed by atoms with van der Waals surface area (Å²) >= 11 is 3.57. The van der Waals surface area contributed by atoms with Crippen molar-refractivity contribution in [3.05, 3.63) is 29.8 Å². The fourth-order valence-electron chi connectivity index (χ4n) is 2.87. The van der Waals surface area contributed by atoms with Crippen molar-refractivity contribution in [3.8, 4) is 5.75 Å². The Morgan fingerprint density at radius 2 is 1.95 bits per heavy atom. The Balaban J connectivity index is 1.85. The van der Waals surface area contributed by atoms with Gasteiger partial charge in [-0.25, -0.2) is 0 Å². The molecule has 0 spiro atoms. The molecule has 1 fully saturated rings. The molecule has 2 rings (SSSR count). The molecule has 0 aliphatic heterocycles. The van der Waals surface area contributed by atoms with Crippen molar-refractivity contribution < 1.29 is 9.53 Å². The zero-order valence-electron chi connectivity index (χ0n) is 12.8. The van der Waals surface area contributed by atoms with Gasteiger partial charge in [-0.15, -0.1) is 0 Å². The van der Waals surface area contributed by atoms with E-state index in [2.05, 4.69) is 21.2 Å². The number of ether oxygens (including phenoxy) is 1. The van der Waals surface area contributed by atoms with Crippen LogP contribution in [0.4, 0.5) is 0 Å². The fourth-order valence-corrected chi connectivity index (χ4v) is 3.72. The van der Waals surface area contributed by atoms with Crippen molar-refractivity contribution in [2.75, 3.05) is 11.9 Å². The summed E-state index contributed by atoms with van der Waals surface area (Å²) < 4.78 is 5.58. The summed E-state index contributed by atoms with van der Waals surface area (Å²) in [5.74, 6) is 2.12. The molecule has 1 saturated carbocycles. The number of hydrogen-bond acceptors (Lipinski definition) is 2. The van der Waals surface area contributed by atoms with Crippen molar-refractivity contribution in [1.29, 1.82) is 0 Å². The molecule has 0 aromatic heterocycles. The smallest absolute Gasteiger partial charge is 0.251 e. The number of nitrogens with one attached hydrogen (secondary N) is 1. The van der Waals surface area contributed by atoms with Crippen LogP contribution < -0.4 is 10.1 Å². The van der Waals surface area contributed by atoms with Gasteiger partial charge in [-0.1, -0.05) is 22.4 Å². The lowest BCUT2D eigenvalue weighted by Crippen LogP contribution is -2.31. The average molecular weight is 354 g/mol. The van der Waals surface area contributed by atoms with E-state index in [9.17, 15) is 4.79 Å². The molecule has 0 bridgehead atoms. The molecule has 1 aliphatic carbocycles. The topological polar surface area (TPSA) is 38.3 Å². The van der Waals surface area contributed by atoms with Gasteiger partial charge in [-0.3, -0.25) is 4.79 Å². The highest BCUT2D eigenvalue weighted by Crippen LogP contribution is 2.32. The van der Waals surface area contributed by atoms with Crippen LogP contribution in [0.5, 0.6) is 5.75 Å². The second-order valence-corrected chi connectivity index (χ2v) is 6.65. The summed E-state index contributed by atoms with van der Waals surface area (Å²) in [4.78, 5) is 12.2. The highest BCUT2D eigenvalue weighted by molar-refractivity contribution is 9.09. The van der Waals surface area contributed by atoms with E-state index in [-0.39, 0.29) is 12.0 Å². The third kappa shape index (κ3) is 4.73. The van der Waals surface area contributed by atoms with Gasteiger partial charge in [0.05, 0.1) is 6.10 Å². The summed E-state index contributed by atoms with van der Waals surface area (Å²) in [6.07, 6.45) is 3.91. The van der Waals surface area contributed by atoms with Crippen LogP contribution in [0, 0.1) is 11.8 Å². The number of hydrogen-bond donors (Lipinski definition) is 1. The van der Waals surface area contributed by atoms with E-state index >= 15 is 0 Å². The van der Waals surface area contributed by atoms with Crippen LogP contribution >= 0.6 is 15.9 Å². The summed E-state index contributed by atoms with van der Waals surface area (Å²) in [6, 6.07) is 7.35. The first-order valence-corrected chi connectivity index (χ1v) is 8.83. The monoisotopic (exact) mass is 353 g/mol. The summed E-state index contributed by atoms with van der Waals surface area (Å²) in [5, 5.41) is 4.10. The molecule has 1 N–H and O–H groups in total. The average Bonchev–Trinajstić information content (AvgIpc) is 2.92. The largest absolute Gasteiger partial charge is 0.491 e. The van der Waals surface area contributed by atoms with Gasteiger partial charge in [0.2, 0.25) is 0 Å². The van der Waals surface area contributed by atoms with Crippen LogP contribution in [0.25, 0.3) is 0 Å². The van der Waals surface area contributed by atoms with Crippen molar-refractivity contribution in [2.45, 2.75) is 39.2 Å². The second kappa shape index (κ2) is 7.83. The van der Waals surface area contributed by atoms with Crippen LogP contribution in [0.3, 0.4) is 0 Å². The Bertz CT molecular complexity index is 458. The first-order valence-electron chi connectivity index (χ1n) is 7.71. The SMILES string of the molecule is CC(C)Oc1ccc(C(=O)NCC2CCCC2CBr)cc1. The highest BCUT2D eigenvalue weighted by atomic mass is 79.9. The molecule has 21 heavy (non-hydrogen) atoms. The molecule has 1 aliphatic rings. The molecule has 2 atom stereocenters. The van der Waals surface area contributed by atoms with Crippen molar-refractivity contribution in [2.24, 2.45) is 11.8 Å². The lowest BCUT2D eigenvalue weighted by atomic mass is 9.98. The molecule has 1 aromatic rings. The maximum absolute atomic E-state index is 12.2. The van der Waals surface area contributed by atoms with Crippen LogP contribution in [-0.4, -0.2) is 23.9 Å². The minimum atomic E-state index is 0.00585. The highest BCUT2D eigenvalue weighted by Gasteiger charge is 2.26. The molecule has 0 saturated heterocycles. The molecule has 2 unspecified atom stereocenters. The minimum absolute atomic E-state index is 0.00585. The van der Waals surface area contributed by atoms with Gasteiger partial charge in [0.25, 0.3) is 5.91 Å². The standard InChI is InChI=1S/C17H24BrNO2/c1-12(2)21-16-8-6-13(7-9-16)17(20)19-11-15-5-3-4-14(15)10-18/h6-9,12,14-15H,3-5,10-11H2,1-2H3,(H,19,20). The second-order valence-electron chi connectivity index (χ2n) is 6.01. The van der Waals surface area contributed by atoms with E-state index in [4.69, 9.17) is 4.74 Å². The van der Waals surface area contributed by atoms with Crippen LogP contribution in [0.2, 0.25) is 0 Å². The fraction of sp³-hybridized carbons (Fsp3) is 0.588. The molecule has 1 amide bonds. The van der Waals surface area contributed by atoms with Crippen molar-refractivity contribution in [1.82, 2.24) is 5.32 Å². The van der Waals surface area contributed by atoms with Crippen LogP contribution in [0.15, 0.2) is 24.3 Å². The predicted octanol–water partition coefficient (Wildman–Crippen LogP) is 4.01. The lowest BCUT2D eigenvalue weighted by Gasteiger charge is -2.17. The molecular weight excluding hydrogens is 330 g/mol. The molecule has 0 heterocycles. The summed E-state index contributed by atoms with van der Waals surface area (Å²) in [6.45, 7) is 4.75. The van der Waals surface area contributed by atoms with Crippen LogP contribution in [-0.2, 0) is 0 Å². The zero-order valence-corrected chi connectivity index (χ0v) is 14.4. The minimum Gasteiger partial charge on any atom is -0.491 e. The number of benzene rings is 1. The number of alkyl halides is 1. The van der Waals surface area contributed by atoms with E-state index in [0.29, 0.717) is 17.4 Å². The Morgan fingerprint density at radius 1 is 1.29 bits per heavy atom. The molecule has 3 nitrogen and oxygen atoms in total. The molecule has 0 radical (unpaired) electrons. The van der Waals surface area contributed by atoms with Crippen molar-refractivity contribution >= 4 is 21.8 Å². The van der Waals surface area contributed by atoms with E-state index in [1.165, 1.54) is 19.3 Å². The van der Waals surface area contributed by atoms with Gasteiger partial charge >= 0.3 is 0 Å². The maximum atomic E-state index is 12.2. The van der Waals surface area contributed by atoms with Gasteiger partial charge in [0.15, 0.2) is 0 Å². The Labute approximate surface area is 135 Å². The van der Waals surface area contributed by atoms with Gasteiger partial charge in [0.1, 0.15) is 5.75 Å². The number of rotatable bonds is 6. The zero-order chi connectivity index (χ0) is 15.2. The Kier molecular flexibility index (Phi) is 6.09. The molecule has 116 valence electrons. The van der Waals surface area contributed by atoms with Crippen LogP contribution in [0.1, 0.15) is 43.5 Å². The van der Waals surface area contributed by atoms with Gasteiger partial charge in [-0.05, 0) is 62.8 Å². The van der Waals surface area contributed by atoms with Gasteiger partial charge < -0.3 is 10.1 Å². The first-order chi connectivity index (χ1) is 10.1. The van der Waals surface area contributed by atoms with E-state index in [1.54, 1.807) is 0 Å². The number of carbonyl (C=O) groups excluding carboxylic acids is 1. The summed E-state index contributed by atoms with van der Waals surface area (Å²) in [7, 11) is 0. The third-order valence-electron chi connectivity index (χ3n) is 4.03. The van der Waals surface area contributed by atoms with Gasteiger partial charge in [0, 0.05) is 17.4 Å². The van der Waals surface area contributed by atoms with E-state index in [1.807, 2.05) is 38.1 Å². The van der Waals surface area contributed by atoms with E-state index in [0.717, 1.165) is 17.6 Å². The Hall–Kier alpha value is -1.03. The predicted molar refractivity (Wildman–Crippen MR) is 89.2 cm³/mol. The van der Waals surface area contributed by atoms with Crippen molar-refractivity contribution in [3.63, 3.8) is 0 Å². The number of carbonyl (C=O) groups is 1. The normalized spacial score (nSPS) is 21.5. The van der Waals surface area contributed by atoms with Gasteiger partial charge in [-0.2, -0.15) is 0 Å². The molecule has 1 aromatic carbocycles. The maximum Gasteiger partial charge on any atom is 0.251 e. The number of amides is 1. The lowest BCUT2D eigenvalue weighted by molar-refractivity contribution is 0.0945. The Morgan fingerprint density at radius 3 is 2.57 bits per heavy atom. The molecule has 4 heteroatoms. The first kappa shape index (κ1) is 16.3. The van der Waals surface area contributed by atoms with E-state index < -0.39 is 0 Å². The third-order valence-corrected chi connectivity index (χ3v) is 4.86. The number of halogens is 1. The quantitative estimate of drug-likeness (QED) is 0.784.